The number of piperidine rings is 1. The highest BCUT2D eigenvalue weighted by Gasteiger charge is 2.37. The summed E-state index contributed by atoms with van der Waals surface area (Å²) in [5, 5.41) is 3.41. The number of methoxy groups -OCH3 is 2. The van der Waals surface area contributed by atoms with Crippen LogP contribution >= 0.6 is 12.4 Å². The summed E-state index contributed by atoms with van der Waals surface area (Å²) in [5.41, 5.74) is 3.22. The maximum Gasteiger partial charge on any atom is 0.161 e. The van der Waals surface area contributed by atoms with Crippen molar-refractivity contribution in [3.05, 3.63) is 29.8 Å². The van der Waals surface area contributed by atoms with Crippen molar-refractivity contribution in [3.8, 4) is 11.5 Å². The Morgan fingerprint density at radius 2 is 1.79 bits per heavy atom. The van der Waals surface area contributed by atoms with Gasteiger partial charge in [0.15, 0.2) is 17.2 Å². The lowest BCUT2D eigenvalue weighted by molar-refractivity contribution is 0.244. The van der Waals surface area contributed by atoms with E-state index in [1.54, 1.807) is 14.2 Å². The number of benzene rings is 1. The zero-order valence-corrected chi connectivity index (χ0v) is 17.2. The van der Waals surface area contributed by atoms with Crippen molar-refractivity contribution in [2.75, 3.05) is 27.3 Å². The molecule has 1 aromatic carbocycles. The minimum atomic E-state index is -0.389. The number of nitrogens with zero attached hydrogens (tertiary/aromatic N) is 3. The van der Waals surface area contributed by atoms with Crippen LogP contribution in [-0.4, -0.2) is 56.1 Å². The molecule has 0 amide bonds. The van der Waals surface area contributed by atoms with Crippen LogP contribution in [0.5, 0.6) is 11.5 Å². The molecule has 0 saturated carbocycles. The number of hydrogen-bond donors (Lipinski definition) is 1. The lowest BCUT2D eigenvalue weighted by Gasteiger charge is -2.35. The molecule has 4 rings (SSSR count). The molecule has 3 aliphatic rings. The van der Waals surface area contributed by atoms with Gasteiger partial charge in [-0.1, -0.05) is 0 Å². The maximum absolute atomic E-state index is 5.40. The SMILES string of the molecule is COc1ccc(C2=CC3=NC(C)(C4CCNCC4)N=CC3=N2)cc1OC.Cl.O. The van der Waals surface area contributed by atoms with Crippen LogP contribution < -0.4 is 14.8 Å². The Kier molecular flexibility index (Phi) is 6.98. The topological polar surface area (TPSA) is 99.1 Å². The summed E-state index contributed by atoms with van der Waals surface area (Å²) in [6, 6.07) is 5.82. The van der Waals surface area contributed by atoms with Crippen LogP contribution in [0.2, 0.25) is 0 Å². The van der Waals surface area contributed by atoms with E-state index < -0.39 is 0 Å². The first kappa shape index (κ1) is 22.1. The van der Waals surface area contributed by atoms with E-state index in [4.69, 9.17) is 24.5 Å². The Bertz CT molecular complexity index is 844. The van der Waals surface area contributed by atoms with Gasteiger partial charge < -0.3 is 20.3 Å². The van der Waals surface area contributed by atoms with E-state index in [1.165, 1.54) is 0 Å². The first-order valence-corrected chi connectivity index (χ1v) is 9.02. The van der Waals surface area contributed by atoms with Gasteiger partial charge in [0.25, 0.3) is 0 Å². The van der Waals surface area contributed by atoms with Crippen molar-refractivity contribution in [1.82, 2.24) is 5.32 Å². The second kappa shape index (κ2) is 8.86. The lowest BCUT2D eigenvalue weighted by atomic mass is 9.85. The van der Waals surface area contributed by atoms with E-state index in [1.807, 2.05) is 30.5 Å². The molecular formula is C20H27ClN4O3. The predicted octanol–water partition coefficient (Wildman–Crippen LogP) is 2.34. The van der Waals surface area contributed by atoms with E-state index in [9.17, 15) is 0 Å². The van der Waals surface area contributed by atoms with E-state index in [0.29, 0.717) is 17.4 Å². The van der Waals surface area contributed by atoms with Gasteiger partial charge in [-0.15, -0.1) is 12.4 Å². The molecule has 0 spiro atoms. The maximum atomic E-state index is 5.40. The van der Waals surface area contributed by atoms with Gasteiger partial charge in [-0.3, -0.25) is 9.98 Å². The van der Waals surface area contributed by atoms with Crippen LogP contribution in [0.15, 0.2) is 39.3 Å². The third-order valence-electron chi connectivity index (χ3n) is 5.36. The zero-order chi connectivity index (χ0) is 18.1. The fraction of sp³-hybridized carbons (Fsp3) is 0.450. The summed E-state index contributed by atoms with van der Waals surface area (Å²) in [6.45, 7) is 4.20. The number of aliphatic imine (C=N–C) groups is 3. The number of rotatable bonds is 4. The molecule has 28 heavy (non-hydrogen) atoms. The van der Waals surface area contributed by atoms with Crippen molar-refractivity contribution in [2.24, 2.45) is 20.9 Å². The van der Waals surface area contributed by atoms with Crippen molar-refractivity contribution < 1.29 is 14.9 Å². The summed E-state index contributed by atoms with van der Waals surface area (Å²) >= 11 is 0. The first-order valence-electron chi connectivity index (χ1n) is 9.02. The van der Waals surface area contributed by atoms with Crippen LogP contribution in [0.25, 0.3) is 5.70 Å². The van der Waals surface area contributed by atoms with Crippen molar-refractivity contribution in [1.29, 1.82) is 0 Å². The molecule has 1 aromatic rings. The summed E-state index contributed by atoms with van der Waals surface area (Å²) in [6.07, 6.45) is 6.13. The molecule has 8 heteroatoms. The zero-order valence-electron chi connectivity index (χ0n) is 16.4. The Hall–Kier alpha value is -2.22. The number of halogens is 1. The normalized spacial score (nSPS) is 23.5. The molecule has 1 unspecified atom stereocenters. The van der Waals surface area contributed by atoms with Crippen LogP contribution in [0.4, 0.5) is 0 Å². The molecule has 3 aliphatic heterocycles. The summed E-state index contributed by atoms with van der Waals surface area (Å²) in [4.78, 5) is 14.5. The standard InChI is InChI=1S/C20H24N4O2.ClH.H2O/c1-20(14-6-8-21-9-7-14)22-12-17-16(24-20)11-15(23-17)13-4-5-18(25-2)19(10-13)26-3;;/h4-5,10-12,14,21H,6-9H2,1-3H3;1H;1H2. The van der Waals surface area contributed by atoms with Crippen LogP contribution in [0, 0.1) is 5.92 Å². The van der Waals surface area contributed by atoms with Crippen LogP contribution in [-0.2, 0) is 0 Å². The smallest absolute Gasteiger partial charge is 0.161 e. The third kappa shape index (κ3) is 3.97. The molecule has 7 nitrogen and oxygen atoms in total. The number of fused-ring (bicyclic) bond motifs is 1. The van der Waals surface area contributed by atoms with Gasteiger partial charge in [-0.2, -0.15) is 0 Å². The highest BCUT2D eigenvalue weighted by Crippen LogP contribution is 2.35. The highest BCUT2D eigenvalue weighted by molar-refractivity contribution is 6.68. The third-order valence-corrected chi connectivity index (χ3v) is 5.36. The van der Waals surface area contributed by atoms with Gasteiger partial charge in [0, 0.05) is 11.5 Å². The van der Waals surface area contributed by atoms with E-state index in [0.717, 1.165) is 48.6 Å². The van der Waals surface area contributed by atoms with E-state index in [2.05, 4.69) is 12.2 Å². The Balaban J connectivity index is 0.00000140. The predicted molar refractivity (Wildman–Crippen MR) is 116 cm³/mol. The van der Waals surface area contributed by atoms with E-state index >= 15 is 0 Å². The van der Waals surface area contributed by atoms with Crippen molar-refractivity contribution in [2.45, 2.75) is 25.4 Å². The summed E-state index contributed by atoms with van der Waals surface area (Å²) in [5.74, 6) is 1.86. The average Bonchev–Trinajstić information content (AvgIpc) is 3.11. The highest BCUT2D eigenvalue weighted by atomic mass is 35.5. The number of hydrogen-bond acceptors (Lipinski definition) is 6. The molecule has 1 fully saturated rings. The van der Waals surface area contributed by atoms with Gasteiger partial charge in [-0.25, -0.2) is 4.99 Å². The molecule has 152 valence electrons. The van der Waals surface area contributed by atoms with E-state index in [-0.39, 0.29) is 23.5 Å². The Morgan fingerprint density at radius 1 is 1.07 bits per heavy atom. The van der Waals surface area contributed by atoms with Gasteiger partial charge >= 0.3 is 0 Å². The fourth-order valence-electron chi connectivity index (χ4n) is 3.78. The van der Waals surface area contributed by atoms with Gasteiger partial charge in [-0.05, 0) is 57.1 Å². The molecule has 1 saturated heterocycles. The quantitative estimate of drug-likeness (QED) is 0.830. The largest absolute Gasteiger partial charge is 0.493 e. The Labute approximate surface area is 171 Å². The first-order chi connectivity index (χ1) is 12.6. The minimum absolute atomic E-state index is 0. The number of nitrogens with one attached hydrogen (secondary N) is 1. The molecule has 3 heterocycles. The van der Waals surface area contributed by atoms with Crippen molar-refractivity contribution in [3.63, 3.8) is 0 Å². The fourth-order valence-corrected chi connectivity index (χ4v) is 3.78. The second-order valence-electron chi connectivity index (χ2n) is 6.97. The second-order valence-corrected chi connectivity index (χ2v) is 6.97. The number of ether oxygens (including phenoxy) is 2. The molecular weight excluding hydrogens is 380 g/mol. The monoisotopic (exact) mass is 406 g/mol. The van der Waals surface area contributed by atoms with Crippen LogP contribution in [0.3, 0.4) is 0 Å². The molecule has 0 bridgehead atoms. The summed E-state index contributed by atoms with van der Waals surface area (Å²) < 4.78 is 10.7. The van der Waals surface area contributed by atoms with Gasteiger partial charge in [0.1, 0.15) is 5.71 Å². The van der Waals surface area contributed by atoms with Gasteiger partial charge in [0.05, 0.1) is 31.8 Å². The molecule has 3 N–H and O–H groups in total. The average molecular weight is 407 g/mol. The Morgan fingerprint density at radius 3 is 2.46 bits per heavy atom. The summed E-state index contributed by atoms with van der Waals surface area (Å²) in [7, 11) is 3.27. The minimum Gasteiger partial charge on any atom is -0.493 e. The van der Waals surface area contributed by atoms with Crippen LogP contribution in [0.1, 0.15) is 25.3 Å². The molecule has 1 atom stereocenters. The number of allylic oxidation sites excluding steroid dienone is 1. The molecule has 0 aliphatic carbocycles. The molecule has 0 radical (unpaired) electrons. The van der Waals surface area contributed by atoms with Gasteiger partial charge in [0.2, 0.25) is 0 Å². The molecule has 0 aromatic heterocycles. The lowest BCUT2D eigenvalue weighted by Crippen LogP contribution is -2.42. The van der Waals surface area contributed by atoms with Crippen molar-refractivity contribution >= 4 is 35.7 Å².